The molecule has 0 saturated heterocycles. The second-order valence-electron chi connectivity index (χ2n) is 8.47. The molecule has 0 spiro atoms. The largest absolute Gasteiger partial charge is 0.497 e. The van der Waals surface area contributed by atoms with Crippen LogP contribution in [0.1, 0.15) is 31.9 Å². The Morgan fingerprint density at radius 2 is 1.03 bits per heavy atom. The van der Waals surface area contributed by atoms with Crippen molar-refractivity contribution < 1.29 is 14.3 Å². The van der Waals surface area contributed by atoms with Crippen LogP contribution in [-0.4, -0.2) is 20.5 Å². The Bertz CT molecular complexity index is 1460. The van der Waals surface area contributed by atoms with Crippen LogP contribution in [0.2, 0.25) is 0 Å². The minimum atomic E-state index is 0.727. The van der Waals surface area contributed by atoms with Gasteiger partial charge in [-0.05, 0) is 75.4 Å². The molecule has 182 valence electrons. The van der Waals surface area contributed by atoms with Gasteiger partial charge in [-0.15, -0.1) is 11.3 Å². The number of ether oxygens (including phenoxy) is 2. The van der Waals surface area contributed by atoms with E-state index >= 15 is 0 Å². The number of benzene rings is 4. The van der Waals surface area contributed by atoms with Gasteiger partial charge in [-0.25, -0.2) is 0 Å². The lowest BCUT2D eigenvalue weighted by atomic mass is 9.85. The maximum atomic E-state index is 11.2. The predicted molar refractivity (Wildman–Crippen MR) is 153 cm³/mol. The summed E-state index contributed by atoms with van der Waals surface area (Å²) in [5, 5.41) is 0. The minimum absolute atomic E-state index is 0.727. The summed E-state index contributed by atoms with van der Waals surface area (Å²) < 4.78 is 10.9. The molecule has 0 saturated carbocycles. The van der Waals surface area contributed by atoms with Gasteiger partial charge in [0.25, 0.3) is 0 Å². The third-order valence-electron chi connectivity index (χ3n) is 6.27. The highest BCUT2D eigenvalue weighted by Gasteiger charge is 2.17. The van der Waals surface area contributed by atoms with Crippen LogP contribution in [0.25, 0.3) is 21.6 Å². The highest BCUT2D eigenvalue weighted by Crippen LogP contribution is 2.39. The molecule has 5 aromatic rings. The Labute approximate surface area is 221 Å². The van der Waals surface area contributed by atoms with Crippen molar-refractivity contribution in [1.82, 2.24) is 0 Å². The average molecular weight is 503 g/mol. The maximum absolute atomic E-state index is 11.2. The van der Waals surface area contributed by atoms with E-state index in [9.17, 15) is 4.79 Å². The summed E-state index contributed by atoms with van der Waals surface area (Å²) in [6, 6.07) is 39.2. The molecule has 37 heavy (non-hydrogen) atoms. The number of methoxy groups -OCH3 is 2. The lowest BCUT2D eigenvalue weighted by Gasteiger charge is -2.19. The average Bonchev–Trinajstić information content (AvgIpc) is 3.46. The van der Waals surface area contributed by atoms with Crippen LogP contribution in [0.5, 0.6) is 11.5 Å². The number of hydrogen-bond acceptors (Lipinski definition) is 4. The zero-order valence-electron chi connectivity index (χ0n) is 20.7. The van der Waals surface area contributed by atoms with Gasteiger partial charge in [0.05, 0.1) is 19.1 Å². The Morgan fingerprint density at radius 1 is 0.568 bits per heavy atom. The molecule has 0 bridgehead atoms. The number of aldehydes is 1. The molecule has 4 aromatic carbocycles. The fourth-order valence-electron chi connectivity index (χ4n) is 4.40. The molecule has 0 aliphatic rings. The SMILES string of the molecule is COc1ccc(C(=C(c2ccccc2)c2ccc(-c3ccc(C=O)s3)cc2)c2ccc(OC)cc2)cc1. The maximum Gasteiger partial charge on any atom is 0.160 e. The molecule has 5 rings (SSSR count). The standard InChI is InChI=1S/C33H26O3S/c1-35-28-16-12-26(13-17-28)33(27-14-18-29(36-2)19-15-27)32(24-6-4-3-5-7-24)25-10-8-23(9-11-25)31-21-20-30(22-34)37-31/h3-22H,1-2H3. The van der Waals surface area contributed by atoms with E-state index in [4.69, 9.17) is 9.47 Å². The molecule has 0 aliphatic heterocycles. The second-order valence-corrected chi connectivity index (χ2v) is 9.59. The first kappa shape index (κ1) is 24.3. The Kier molecular flexibility index (Phi) is 7.29. The number of thiophene rings is 1. The number of carbonyl (C=O) groups is 1. The summed E-state index contributed by atoms with van der Waals surface area (Å²) in [6.45, 7) is 0. The second kappa shape index (κ2) is 11.1. The van der Waals surface area contributed by atoms with Crippen LogP contribution >= 0.6 is 11.3 Å². The molecule has 0 N–H and O–H groups in total. The van der Waals surface area contributed by atoms with Crippen molar-refractivity contribution in [2.75, 3.05) is 14.2 Å². The van der Waals surface area contributed by atoms with Gasteiger partial charge in [-0.1, -0.05) is 78.9 Å². The first-order valence-corrected chi connectivity index (χ1v) is 12.8. The predicted octanol–water partition coefficient (Wildman–Crippen LogP) is 8.25. The molecule has 0 aliphatic carbocycles. The van der Waals surface area contributed by atoms with E-state index in [-0.39, 0.29) is 0 Å². The molecular weight excluding hydrogens is 476 g/mol. The summed E-state index contributed by atoms with van der Waals surface area (Å²) in [6.07, 6.45) is 0.898. The number of hydrogen-bond donors (Lipinski definition) is 0. The van der Waals surface area contributed by atoms with Crippen LogP contribution in [0.15, 0.2) is 115 Å². The Morgan fingerprint density at radius 3 is 1.46 bits per heavy atom. The van der Waals surface area contributed by atoms with E-state index in [2.05, 4.69) is 72.8 Å². The number of rotatable bonds is 8. The highest BCUT2D eigenvalue weighted by molar-refractivity contribution is 7.17. The van der Waals surface area contributed by atoms with Crippen molar-refractivity contribution >= 4 is 28.8 Å². The fourth-order valence-corrected chi connectivity index (χ4v) is 5.23. The van der Waals surface area contributed by atoms with Gasteiger partial charge >= 0.3 is 0 Å². The summed E-state index contributed by atoms with van der Waals surface area (Å²) in [5.41, 5.74) is 7.72. The molecule has 4 heteroatoms. The Hall–Kier alpha value is -4.41. The summed E-state index contributed by atoms with van der Waals surface area (Å²) in [4.78, 5) is 13.0. The van der Waals surface area contributed by atoms with Crippen molar-refractivity contribution in [3.63, 3.8) is 0 Å². The molecular formula is C33H26O3S. The molecule has 0 atom stereocenters. The van der Waals surface area contributed by atoms with Gasteiger partial charge in [0.2, 0.25) is 0 Å². The zero-order valence-corrected chi connectivity index (χ0v) is 21.5. The van der Waals surface area contributed by atoms with E-state index in [0.29, 0.717) is 0 Å². The molecule has 1 heterocycles. The third kappa shape index (κ3) is 5.25. The molecule has 3 nitrogen and oxygen atoms in total. The summed E-state index contributed by atoms with van der Waals surface area (Å²) in [5.74, 6) is 1.63. The lowest BCUT2D eigenvalue weighted by molar-refractivity contribution is 0.112. The molecule has 1 aromatic heterocycles. The summed E-state index contributed by atoms with van der Waals surface area (Å²) in [7, 11) is 3.36. The van der Waals surface area contributed by atoms with Crippen LogP contribution in [0.3, 0.4) is 0 Å². The topological polar surface area (TPSA) is 35.5 Å². The first-order chi connectivity index (χ1) is 18.2. The molecule has 0 fully saturated rings. The fraction of sp³-hybridized carbons (Fsp3) is 0.0606. The van der Waals surface area contributed by atoms with Crippen molar-refractivity contribution in [1.29, 1.82) is 0 Å². The van der Waals surface area contributed by atoms with Crippen LogP contribution in [-0.2, 0) is 0 Å². The van der Waals surface area contributed by atoms with Crippen molar-refractivity contribution in [3.05, 3.63) is 142 Å². The smallest absolute Gasteiger partial charge is 0.160 e. The normalized spacial score (nSPS) is 10.5. The van der Waals surface area contributed by atoms with Crippen LogP contribution in [0, 0.1) is 0 Å². The van der Waals surface area contributed by atoms with E-state index in [1.165, 1.54) is 11.3 Å². The zero-order chi connectivity index (χ0) is 25.6. The van der Waals surface area contributed by atoms with E-state index in [0.717, 1.165) is 66.5 Å². The minimum Gasteiger partial charge on any atom is -0.497 e. The Balaban J connectivity index is 1.73. The lowest BCUT2D eigenvalue weighted by Crippen LogP contribution is -1.98. The quantitative estimate of drug-likeness (QED) is 0.158. The van der Waals surface area contributed by atoms with E-state index < -0.39 is 0 Å². The molecule has 0 unspecified atom stereocenters. The van der Waals surface area contributed by atoms with Gasteiger partial charge in [-0.2, -0.15) is 0 Å². The number of carbonyl (C=O) groups excluding carboxylic acids is 1. The monoisotopic (exact) mass is 502 g/mol. The van der Waals surface area contributed by atoms with Gasteiger partial charge < -0.3 is 9.47 Å². The highest BCUT2D eigenvalue weighted by atomic mass is 32.1. The van der Waals surface area contributed by atoms with Gasteiger partial charge in [0.15, 0.2) is 6.29 Å². The van der Waals surface area contributed by atoms with Crippen LogP contribution in [0.4, 0.5) is 0 Å². The van der Waals surface area contributed by atoms with Gasteiger partial charge in [0.1, 0.15) is 11.5 Å². The first-order valence-electron chi connectivity index (χ1n) is 11.9. The molecule has 0 radical (unpaired) electrons. The van der Waals surface area contributed by atoms with Crippen molar-refractivity contribution in [2.24, 2.45) is 0 Å². The van der Waals surface area contributed by atoms with Gasteiger partial charge in [-0.3, -0.25) is 4.79 Å². The summed E-state index contributed by atoms with van der Waals surface area (Å²) >= 11 is 1.50. The van der Waals surface area contributed by atoms with Crippen molar-refractivity contribution in [3.8, 4) is 21.9 Å². The van der Waals surface area contributed by atoms with Crippen LogP contribution < -0.4 is 9.47 Å². The van der Waals surface area contributed by atoms with Crippen molar-refractivity contribution in [2.45, 2.75) is 0 Å². The van der Waals surface area contributed by atoms with Gasteiger partial charge in [0, 0.05) is 4.88 Å². The van der Waals surface area contributed by atoms with E-state index in [1.54, 1.807) is 14.2 Å². The third-order valence-corrected chi connectivity index (χ3v) is 7.33. The van der Waals surface area contributed by atoms with E-state index in [1.807, 2.05) is 42.5 Å². The molecule has 0 amide bonds.